The van der Waals surface area contributed by atoms with Crippen LogP contribution < -0.4 is 5.73 Å². The molecule has 1 heterocycles. The second kappa shape index (κ2) is 7.08. The minimum atomic E-state index is 0.403. The number of hydrogen-bond acceptors (Lipinski definition) is 2. The van der Waals surface area contributed by atoms with Crippen LogP contribution in [0.15, 0.2) is 0 Å². The third kappa shape index (κ3) is 6.27. The Labute approximate surface area is 121 Å². The molecule has 2 N–H and O–H groups in total. The summed E-state index contributed by atoms with van der Waals surface area (Å²) < 4.78 is 0. The molecule has 0 spiro atoms. The van der Waals surface area contributed by atoms with Gasteiger partial charge in [-0.15, -0.1) is 0 Å². The molecular formula is C17H36N2. The molecule has 1 unspecified atom stereocenters. The van der Waals surface area contributed by atoms with Crippen LogP contribution in [0, 0.1) is 16.7 Å². The van der Waals surface area contributed by atoms with E-state index in [1.54, 1.807) is 0 Å². The summed E-state index contributed by atoms with van der Waals surface area (Å²) in [6.07, 6.45) is 6.60. The Morgan fingerprint density at radius 1 is 1.21 bits per heavy atom. The molecule has 1 aliphatic rings. The van der Waals surface area contributed by atoms with Crippen LogP contribution in [0.4, 0.5) is 0 Å². The van der Waals surface area contributed by atoms with Gasteiger partial charge in [-0.2, -0.15) is 0 Å². The maximum Gasteiger partial charge on any atom is 0.00327 e. The fourth-order valence-electron chi connectivity index (χ4n) is 3.51. The molecule has 0 saturated carbocycles. The first-order chi connectivity index (χ1) is 8.74. The average Bonchev–Trinajstić information content (AvgIpc) is 2.25. The van der Waals surface area contributed by atoms with Gasteiger partial charge in [0.05, 0.1) is 0 Å². The second-order valence-electron chi connectivity index (χ2n) is 8.33. The van der Waals surface area contributed by atoms with Crippen LogP contribution in [-0.2, 0) is 0 Å². The van der Waals surface area contributed by atoms with E-state index in [-0.39, 0.29) is 0 Å². The van der Waals surface area contributed by atoms with E-state index >= 15 is 0 Å². The van der Waals surface area contributed by atoms with Gasteiger partial charge < -0.3 is 10.6 Å². The zero-order valence-corrected chi connectivity index (χ0v) is 14.0. The van der Waals surface area contributed by atoms with E-state index < -0.39 is 0 Å². The normalized spacial score (nSPS) is 22.4. The van der Waals surface area contributed by atoms with Gasteiger partial charge >= 0.3 is 0 Å². The summed E-state index contributed by atoms with van der Waals surface area (Å²) >= 11 is 0. The number of nitrogens with zero attached hydrogens (tertiary/aromatic N) is 1. The largest absolute Gasteiger partial charge is 0.330 e. The molecular weight excluding hydrogens is 232 g/mol. The van der Waals surface area contributed by atoms with E-state index in [2.05, 4.69) is 39.5 Å². The molecule has 2 nitrogen and oxygen atoms in total. The highest BCUT2D eigenvalue weighted by Gasteiger charge is 2.27. The third-order valence-electron chi connectivity index (χ3n) is 4.75. The first kappa shape index (κ1) is 17.0. The molecule has 0 aromatic rings. The van der Waals surface area contributed by atoms with Crippen molar-refractivity contribution in [1.29, 1.82) is 0 Å². The first-order valence-electron chi connectivity index (χ1n) is 8.17. The fraction of sp³-hybridized carbons (Fsp3) is 1.00. The van der Waals surface area contributed by atoms with Crippen LogP contribution in [-0.4, -0.2) is 31.1 Å². The summed E-state index contributed by atoms with van der Waals surface area (Å²) in [4.78, 5) is 2.67. The number of hydrogen-bond donors (Lipinski definition) is 1. The maximum absolute atomic E-state index is 5.77. The van der Waals surface area contributed by atoms with Crippen molar-refractivity contribution in [2.75, 3.05) is 26.2 Å². The Bertz CT molecular complexity index is 252. The van der Waals surface area contributed by atoms with Crippen molar-refractivity contribution >= 4 is 0 Å². The summed E-state index contributed by atoms with van der Waals surface area (Å²) in [7, 11) is 0. The Kier molecular flexibility index (Phi) is 6.32. The smallest absolute Gasteiger partial charge is 0.00327 e. The third-order valence-corrected chi connectivity index (χ3v) is 4.75. The fourth-order valence-corrected chi connectivity index (χ4v) is 3.51. The molecule has 1 saturated heterocycles. The highest BCUT2D eigenvalue weighted by molar-refractivity contribution is 4.80. The van der Waals surface area contributed by atoms with Gasteiger partial charge in [0.15, 0.2) is 0 Å². The average molecular weight is 268 g/mol. The Morgan fingerprint density at radius 2 is 1.89 bits per heavy atom. The molecule has 0 radical (unpaired) electrons. The van der Waals surface area contributed by atoms with Crippen molar-refractivity contribution in [2.45, 2.75) is 66.7 Å². The van der Waals surface area contributed by atoms with Gasteiger partial charge in [-0.05, 0) is 68.5 Å². The van der Waals surface area contributed by atoms with Crippen LogP contribution in [0.2, 0.25) is 0 Å². The molecule has 2 heteroatoms. The predicted octanol–water partition coefficient (Wildman–Crippen LogP) is 3.90. The maximum atomic E-state index is 5.77. The predicted molar refractivity (Wildman–Crippen MR) is 85.3 cm³/mol. The SMILES string of the molecule is CC1(C)CCCN(CCCC(CCN)C(C)(C)C)C1. The highest BCUT2D eigenvalue weighted by atomic mass is 15.1. The lowest BCUT2D eigenvalue weighted by Gasteiger charge is -2.38. The van der Waals surface area contributed by atoms with Gasteiger partial charge in [-0.25, -0.2) is 0 Å². The molecule has 1 atom stereocenters. The molecule has 1 aliphatic heterocycles. The van der Waals surface area contributed by atoms with Crippen molar-refractivity contribution in [1.82, 2.24) is 4.90 Å². The van der Waals surface area contributed by atoms with Gasteiger partial charge in [-0.1, -0.05) is 34.6 Å². The van der Waals surface area contributed by atoms with Gasteiger partial charge in [0.2, 0.25) is 0 Å². The van der Waals surface area contributed by atoms with Crippen molar-refractivity contribution in [3.8, 4) is 0 Å². The quantitative estimate of drug-likeness (QED) is 0.791. The summed E-state index contributed by atoms with van der Waals surface area (Å²) in [5.74, 6) is 0.773. The lowest BCUT2D eigenvalue weighted by Crippen LogP contribution is -2.40. The second-order valence-corrected chi connectivity index (χ2v) is 8.33. The van der Waals surface area contributed by atoms with Crippen molar-refractivity contribution in [2.24, 2.45) is 22.5 Å². The summed E-state index contributed by atoms with van der Waals surface area (Å²) in [6, 6.07) is 0. The Morgan fingerprint density at radius 3 is 2.42 bits per heavy atom. The van der Waals surface area contributed by atoms with Crippen LogP contribution in [0.5, 0.6) is 0 Å². The topological polar surface area (TPSA) is 29.3 Å². The van der Waals surface area contributed by atoms with Crippen molar-refractivity contribution < 1.29 is 0 Å². The monoisotopic (exact) mass is 268 g/mol. The Balaban J connectivity index is 2.32. The highest BCUT2D eigenvalue weighted by Crippen LogP contribution is 2.33. The minimum absolute atomic E-state index is 0.403. The van der Waals surface area contributed by atoms with Gasteiger partial charge in [0, 0.05) is 6.54 Å². The molecule has 0 aromatic heterocycles. The summed E-state index contributed by atoms with van der Waals surface area (Å²) in [5, 5.41) is 0. The van der Waals surface area contributed by atoms with E-state index in [0.717, 1.165) is 12.5 Å². The van der Waals surface area contributed by atoms with Crippen molar-refractivity contribution in [3.05, 3.63) is 0 Å². The summed E-state index contributed by atoms with van der Waals surface area (Å²) in [5.41, 5.74) is 6.70. The van der Waals surface area contributed by atoms with Crippen molar-refractivity contribution in [3.63, 3.8) is 0 Å². The van der Waals surface area contributed by atoms with Crippen LogP contribution in [0.3, 0.4) is 0 Å². The van der Waals surface area contributed by atoms with Crippen LogP contribution >= 0.6 is 0 Å². The number of likely N-dealkylation sites (tertiary alicyclic amines) is 1. The lowest BCUT2D eigenvalue weighted by atomic mass is 9.76. The lowest BCUT2D eigenvalue weighted by molar-refractivity contribution is 0.110. The van der Waals surface area contributed by atoms with Gasteiger partial charge in [0.25, 0.3) is 0 Å². The number of piperidine rings is 1. The molecule has 114 valence electrons. The van der Waals surface area contributed by atoms with Gasteiger partial charge in [0.1, 0.15) is 0 Å². The standard InChI is InChI=1S/C17H36N2/c1-16(2,3)15(9-11-18)8-6-12-19-13-7-10-17(4,5)14-19/h15H,6-14,18H2,1-5H3. The number of rotatable bonds is 6. The first-order valence-corrected chi connectivity index (χ1v) is 8.17. The van der Waals surface area contributed by atoms with Gasteiger partial charge in [-0.3, -0.25) is 0 Å². The zero-order chi connectivity index (χ0) is 14.5. The minimum Gasteiger partial charge on any atom is -0.330 e. The molecule has 1 fully saturated rings. The van der Waals surface area contributed by atoms with E-state index in [1.807, 2.05) is 0 Å². The van der Waals surface area contributed by atoms with E-state index in [4.69, 9.17) is 5.73 Å². The Hall–Kier alpha value is -0.0800. The summed E-state index contributed by atoms with van der Waals surface area (Å²) in [6.45, 7) is 16.6. The van der Waals surface area contributed by atoms with E-state index in [0.29, 0.717) is 10.8 Å². The van der Waals surface area contributed by atoms with E-state index in [1.165, 1.54) is 51.7 Å². The molecule has 0 aromatic carbocycles. The van der Waals surface area contributed by atoms with Crippen LogP contribution in [0.1, 0.15) is 66.7 Å². The van der Waals surface area contributed by atoms with Crippen LogP contribution in [0.25, 0.3) is 0 Å². The molecule has 1 rings (SSSR count). The molecule has 0 aliphatic carbocycles. The zero-order valence-electron chi connectivity index (χ0n) is 14.0. The molecule has 0 bridgehead atoms. The number of nitrogens with two attached hydrogens (primary N) is 1. The molecule has 19 heavy (non-hydrogen) atoms. The van der Waals surface area contributed by atoms with E-state index in [9.17, 15) is 0 Å². The molecule has 0 amide bonds.